The molecule has 1 aromatic heterocycles. The SMILES string of the molecule is CCCCCCCCCC[n+]1ccc(/C=C/C(=O)c2cccc(OC)c2)cc1. The van der Waals surface area contributed by atoms with Gasteiger partial charge in [-0.1, -0.05) is 63.7 Å². The molecule has 0 unspecified atom stereocenters. The Morgan fingerprint density at radius 1 is 0.964 bits per heavy atom. The number of hydrogen-bond donors (Lipinski definition) is 0. The van der Waals surface area contributed by atoms with Crippen LogP contribution >= 0.6 is 0 Å². The van der Waals surface area contributed by atoms with E-state index in [-0.39, 0.29) is 5.78 Å². The van der Waals surface area contributed by atoms with Crippen molar-refractivity contribution in [3.8, 4) is 5.75 Å². The third kappa shape index (κ3) is 8.08. The summed E-state index contributed by atoms with van der Waals surface area (Å²) in [7, 11) is 1.60. The fraction of sp³-hybridized carbons (Fsp3) is 0.440. The topological polar surface area (TPSA) is 30.2 Å². The monoisotopic (exact) mass is 380 g/mol. The molecule has 0 saturated carbocycles. The Balaban J connectivity index is 1.73. The van der Waals surface area contributed by atoms with Crippen LogP contribution in [0.2, 0.25) is 0 Å². The summed E-state index contributed by atoms with van der Waals surface area (Å²) in [6.45, 7) is 3.32. The van der Waals surface area contributed by atoms with E-state index >= 15 is 0 Å². The molecule has 2 aromatic rings. The van der Waals surface area contributed by atoms with Crippen molar-refractivity contribution in [2.45, 2.75) is 64.8 Å². The molecule has 1 heterocycles. The second-order valence-corrected chi connectivity index (χ2v) is 7.27. The summed E-state index contributed by atoms with van der Waals surface area (Å²) in [4.78, 5) is 12.3. The Labute approximate surface area is 170 Å². The molecule has 0 fully saturated rings. The van der Waals surface area contributed by atoms with Gasteiger partial charge in [0.15, 0.2) is 18.2 Å². The van der Waals surface area contributed by atoms with Crippen molar-refractivity contribution in [2.24, 2.45) is 0 Å². The van der Waals surface area contributed by atoms with E-state index in [4.69, 9.17) is 4.74 Å². The Morgan fingerprint density at radius 2 is 1.64 bits per heavy atom. The first kappa shape index (κ1) is 21.9. The normalized spacial score (nSPS) is 11.1. The fourth-order valence-corrected chi connectivity index (χ4v) is 3.20. The van der Waals surface area contributed by atoms with Crippen LogP contribution in [-0.2, 0) is 6.54 Å². The van der Waals surface area contributed by atoms with Crippen LogP contribution in [0, 0.1) is 0 Å². The van der Waals surface area contributed by atoms with Crippen LogP contribution in [0.4, 0.5) is 0 Å². The van der Waals surface area contributed by atoms with Gasteiger partial charge in [-0.2, -0.15) is 0 Å². The van der Waals surface area contributed by atoms with Crippen LogP contribution in [0.15, 0.2) is 54.9 Å². The zero-order valence-electron chi connectivity index (χ0n) is 17.4. The van der Waals surface area contributed by atoms with Gasteiger partial charge in [0.05, 0.1) is 7.11 Å². The van der Waals surface area contributed by atoms with E-state index in [2.05, 4.69) is 36.0 Å². The van der Waals surface area contributed by atoms with Crippen molar-refractivity contribution in [1.29, 1.82) is 0 Å². The van der Waals surface area contributed by atoms with E-state index in [0.717, 1.165) is 12.1 Å². The summed E-state index contributed by atoms with van der Waals surface area (Å²) < 4.78 is 7.39. The van der Waals surface area contributed by atoms with Crippen LogP contribution in [-0.4, -0.2) is 12.9 Å². The molecule has 0 amide bonds. The molecule has 0 aliphatic heterocycles. The second-order valence-electron chi connectivity index (χ2n) is 7.27. The summed E-state index contributed by atoms with van der Waals surface area (Å²) >= 11 is 0. The van der Waals surface area contributed by atoms with E-state index in [0.29, 0.717) is 11.3 Å². The van der Waals surface area contributed by atoms with Gasteiger partial charge in [0.2, 0.25) is 0 Å². The molecule has 3 heteroatoms. The van der Waals surface area contributed by atoms with Gasteiger partial charge in [0.1, 0.15) is 12.3 Å². The van der Waals surface area contributed by atoms with Gasteiger partial charge in [-0.15, -0.1) is 0 Å². The average Bonchev–Trinajstić information content (AvgIpc) is 2.74. The number of rotatable bonds is 13. The van der Waals surface area contributed by atoms with E-state index in [9.17, 15) is 4.79 Å². The molecule has 0 aliphatic rings. The molecular weight excluding hydrogens is 346 g/mol. The van der Waals surface area contributed by atoms with Crippen molar-refractivity contribution in [3.63, 3.8) is 0 Å². The Morgan fingerprint density at radius 3 is 2.32 bits per heavy atom. The molecule has 0 spiro atoms. The lowest BCUT2D eigenvalue weighted by molar-refractivity contribution is -0.697. The van der Waals surface area contributed by atoms with E-state index in [1.165, 1.54) is 51.4 Å². The largest absolute Gasteiger partial charge is 0.497 e. The minimum absolute atomic E-state index is 0.0189. The van der Waals surface area contributed by atoms with Crippen LogP contribution in [0.1, 0.15) is 74.2 Å². The van der Waals surface area contributed by atoms with Gasteiger partial charge >= 0.3 is 0 Å². The van der Waals surface area contributed by atoms with Gasteiger partial charge in [-0.05, 0) is 30.2 Å². The van der Waals surface area contributed by atoms with Gasteiger partial charge in [-0.3, -0.25) is 4.79 Å². The number of hydrogen-bond acceptors (Lipinski definition) is 2. The third-order valence-electron chi connectivity index (χ3n) is 4.97. The quantitative estimate of drug-likeness (QED) is 0.184. The molecule has 150 valence electrons. The highest BCUT2D eigenvalue weighted by Crippen LogP contribution is 2.14. The number of ketones is 1. The van der Waals surface area contributed by atoms with Crippen molar-refractivity contribution in [1.82, 2.24) is 0 Å². The molecule has 0 atom stereocenters. The first-order valence-corrected chi connectivity index (χ1v) is 10.6. The van der Waals surface area contributed by atoms with Crippen molar-refractivity contribution in [3.05, 3.63) is 66.0 Å². The van der Waals surface area contributed by atoms with Crippen LogP contribution in [0.5, 0.6) is 5.75 Å². The fourth-order valence-electron chi connectivity index (χ4n) is 3.20. The summed E-state index contributed by atoms with van der Waals surface area (Å²) in [6, 6.07) is 11.3. The smallest absolute Gasteiger partial charge is 0.185 e. The zero-order chi connectivity index (χ0) is 20.0. The van der Waals surface area contributed by atoms with Crippen molar-refractivity contribution < 1.29 is 14.1 Å². The summed E-state index contributed by atoms with van der Waals surface area (Å²) in [5.41, 5.74) is 1.67. The number of ether oxygens (including phenoxy) is 1. The molecular formula is C25H34NO2+. The van der Waals surface area contributed by atoms with Gasteiger partial charge in [0.25, 0.3) is 0 Å². The molecule has 0 bridgehead atoms. The van der Waals surface area contributed by atoms with E-state index < -0.39 is 0 Å². The summed E-state index contributed by atoms with van der Waals surface area (Å²) in [6.07, 6.45) is 18.4. The standard InChI is InChI=1S/C25H34NO2/c1-3-4-5-6-7-8-9-10-18-26-19-16-22(17-20-26)14-15-25(27)23-12-11-13-24(21-23)28-2/h11-17,19-21H,3-10,18H2,1-2H3/q+1/b15-14+. The van der Waals surface area contributed by atoms with E-state index in [1.54, 1.807) is 25.3 Å². The molecule has 0 radical (unpaired) electrons. The predicted octanol–water partition coefficient (Wildman–Crippen LogP) is 6.02. The van der Waals surface area contributed by atoms with Crippen molar-refractivity contribution in [2.75, 3.05) is 7.11 Å². The zero-order valence-corrected chi connectivity index (χ0v) is 17.4. The molecule has 0 saturated heterocycles. The number of nitrogens with zero attached hydrogens (tertiary/aromatic N) is 1. The van der Waals surface area contributed by atoms with Crippen molar-refractivity contribution >= 4 is 11.9 Å². The maximum atomic E-state index is 12.3. The van der Waals surface area contributed by atoms with E-state index in [1.807, 2.05) is 18.2 Å². The molecule has 0 N–H and O–H groups in total. The number of methoxy groups -OCH3 is 1. The van der Waals surface area contributed by atoms with Gasteiger partial charge in [-0.25, -0.2) is 4.57 Å². The van der Waals surface area contributed by atoms with Crippen LogP contribution in [0.3, 0.4) is 0 Å². The Hall–Kier alpha value is -2.42. The number of unbranched alkanes of at least 4 members (excludes halogenated alkanes) is 7. The molecule has 2 rings (SSSR count). The summed E-state index contributed by atoms with van der Waals surface area (Å²) in [5.74, 6) is 0.676. The maximum Gasteiger partial charge on any atom is 0.185 e. The number of benzene rings is 1. The lowest BCUT2D eigenvalue weighted by Gasteiger charge is -2.01. The number of allylic oxidation sites excluding steroid dienone is 1. The molecule has 0 aliphatic carbocycles. The first-order valence-electron chi connectivity index (χ1n) is 10.6. The van der Waals surface area contributed by atoms with Crippen LogP contribution in [0.25, 0.3) is 6.08 Å². The third-order valence-corrected chi connectivity index (χ3v) is 4.97. The number of aryl methyl sites for hydroxylation is 1. The highest BCUT2D eigenvalue weighted by Gasteiger charge is 2.04. The lowest BCUT2D eigenvalue weighted by atomic mass is 10.1. The average molecular weight is 381 g/mol. The lowest BCUT2D eigenvalue weighted by Crippen LogP contribution is -2.32. The number of pyridine rings is 1. The molecule has 1 aromatic carbocycles. The first-order chi connectivity index (χ1) is 13.7. The van der Waals surface area contributed by atoms with Gasteiger partial charge < -0.3 is 4.74 Å². The Kier molecular flexibility index (Phi) is 10.1. The minimum Gasteiger partial charge on any atom is -0.497 e. The highest BCUT2D eigenvalue weighted by atomic mass is 16.5. The summed E-state index contributed by atoms with van der Waals surface area (Å²) in [5, 5.41) is 0. The molecule has 28 heavy (non-hydrogen) atoms. The maximum absolute atomic E-state index is 12.3. The number of aromatic nitrogens is 1. The van der Waals surface area contributed by atoms with Crippen LogP contribution < -0.4 is 9.30 Å². The second kappa shape index (κ2) is 12.9. The minimum atomic E-state index is -0.0189. The number of carbonyl (C=O) groups excluding carboxylic acids is 1. The number of carbonyl (C=O) groups is 1. The molecule has 3 nitrogen and oxygen atoms in total. The predicted molar refractivity (Wildman–Crippen MR) is 116 cm³/mol. The Bertz CT molecular complexity index is 734. The highest BCUT2D eigenvalue weighted by molar-refractivity contribution is 6.07. The van der Waals surface area contributed by atoms with Gasteiger partial charge in [0, 0.05) is 24.1 Å².